The van der Waals surface area contributed by atoms with Crippen molar-refractivity contribution in [1.29, 1.82) is 0 Å². The van der Waals surface area contributed by atoms with Crippen molar-refractivity contribution in [3.63, 3.8) is 0 Å². The lowest BCUT2D eigenvalue weighted by molar-refractivity contribution is 0.0938. The summed E-state index contributed by atoms with van der Waals surface area (Å²) in [6.45, 7) is 0. The molecular weight excluding hydrogens is 330 g/mol. The van der Waals surface area contributed by atoms with Crippen molar-refractivity contribution in [2.45, 2.75) is 6.04 Å². The maximum absolute atomic E-state index is 12.9. The fourth-order valence-electron chi connectivity index (χ4n) is 2.79. The van der Waals surface area contributed by atoms with Crippen LogP contribution < -0.4 is 14.8 Å². The van der Waals surface area contributed by atoms with Crippen LogP contribution in [-0.4, -0.2) is 29.7 Å². The van der Waals surface area contributed by atoms with E-state index in [0.29, 0.717) is 11.3 Å². The fourth-order valence-corrected chi connectivity index (χ4v) is 2.79. The molecule has 0 aliphatic rings. The largest absolute Gasteiger partial charge is 0.497 e. The third-order valence-electron chi connectivity index (χ3n) is 4.19. The van der Waals surface area contributed by atoms with Crippen LogP contribution in [0.25, 0.3) is 0 Å². The molecule has 1 N–H and O–H groups in total. The molecule has 0 radical (unpaired) electrons. The van der Waals surface area contributed by atoms with Gasteiger partial charge >= 0.3 is 0 Å². The maximum atomic E-state index is 12.9. The van der Waals surface area contributed by atoms with Gasteiger partial charge in [0.1, 0.15) is 23.4 Å². The molecule has 6 nitrogen and oxygen atoms in total. The quantitative estimate of drug-likeness (QED) is 0.741. The Balaban J connectivity index is 1.96. The lowest BCUT2D eigenvalue weighted by atomic mass is 10.0. The zero-order valence-electron chi connectivity index (χ0n) is 15.0. The van der Waals surface area contributed by atoms with Crippen LogP contribution in [0.5, 0.6) is 11.5 Å². The van der Waals surface area contributed by atoms with Gasteiger partial charge in [0, 0.05) is 19.4 Å². The highest BCUT2D eigenvalue weighted by Crippen LogP contribution is 2.25. The van der Waals surface area contributed by atoms with Crippen molar-refractivity contribution in [1.82, 2.24) is 14.9 Å². The molecule has 0 saturated heterocycles. The summed E-state index contributed by atoms with van der Waals surface area (Å²) in [5.41, 5.74) is 1.38. The van der Waals surface area contributed by atoms with Crippen LogP contribution in [0.15, 0.2) is 60.9 Å². The SMILES string of the molecule is COc1ccc(C(NC(=O)c2ccccc2OC)c2nccn2C)cc1. The van der Waals surface area contributed by atoms with E-state index in [1.165, 1.54) is 0 Å². The molecule has 1 heterocycles. The van der Waals surface area contributed by atoms with Gasteiger partial charge in [-0.15, -0.1) is 0 Å². The lowest BCUT2D eigenvalue weighted by Gasteiger charge is -2.20. The molecule has 2 aromatic carbocycles. The number of hydrogen-bond acceptors (Lipinski definition) is 4. The molecule has 0 fully saturated rings. The van der Waals surface area contributed by atoms with Crippen LogP contribution in [-0.2, 0) is 7.05 Å². The number of nitrogens with zero attached hydrogens (tertiary/aromatic N) is 2. The Morgan fingerprint density at radius 2 is 1.81 bits per heavy atom. The van der Waals surface area contributed by atoms with E-state index in [1.807, 2.05) is 48.1 Å². The van der Waals surface area contributed by atoms with E-state index in [4.69, 9.17) is 9.47 Å². The predicted octanol–water partition coefficient (Wildman–Crippen LogP) is 2.96. The van der Waals surface area contributed by atoms with Crippen molar-refractivity contribution in [3.8, 4) is 11.5 Å². The average molecular weight is 351 g/mol. The number of rotatable bonds is 6. The second-order valence-electron chi connectivity index (χ2n) is 5.78. The zero-order valence-corrected chi connectivity index (χ0v) is 15.0. The van der Waals surface area contributed by atoms with Gasteiger partial charge in [0.05, 0.1) is 19.8 Å². The molecule has 3 rings (SSSR count). The highest BCUT2D eigenvalue weighted by Gasteiger charge is 2.23. The average Bonchev–Trinajstić information content (AvgIpc) is 3.11. The van der Waals surface area contributed by atoms with Crippen LogP contribution in [0.2, 0.25) is 0 Å². The number of aromatic nitrogens is 2. The van der Waals surface area contributed by atoms with Crippen LogP contribution in [0.1, 0.15) is 27.8 Å². The second-order valence-corrected chi connectivity index (χ2v) is 5.78. The third-order valence-corrected chi connectivity index (χ3v) is 4.19. The number of ether oxygens (including phenoxy) is 2. The highest BCUT2D eigenvalue weighted by molar-refractivity contribution is 5.97. The van der Waals surface area contributed by atoms with Crippen molar-refractivity contribution in [2.24, 2.45) is 7.05 Å². The molecule has 1 amide bonds. The lowest BCUT2D eigenvalue weighted by Crippen LogP contribution is -2.31. The fraction of sp³-hybridized carbons (Fsp3) is 0.200. The second kappa shape index (κ2) is 7.74. The summed E-state index contributed by atoms with van der Waals surface area (Å²) in [5, 5.41) is 3.06. The van der Waals surface area contributed by atoms with Gasteiger partial charge in [-0.1, -0.05) is 24.3 Å². The number of carbonyl (C=O) groups excluding carboxylic acids is 1. The molecule has 1 unspecified atom stereocenters. The van der Waals surface area contributed by atoms with Gasteiger partial charge in [0.2, 0.25) is 0 Å². The number of nitrogens with one attached hydrogen (secondary N) is 1. The molecule has 134 valence electrons. The van der Waals surface area contributed by atoms with Crippen molar-refractivity contribution < 1.29 is 14.3 Å². The minimum Gasteiger partial charge on any atom is -0.497 e. The van der Waals surface area contributed by atoms with E-state index in [1.54, 1.807) is 38.6 Å². The Morgan fingerprint density at radius 3 is 2.42 bits per heavy atom. The van der Waals surface area contributed by atoms with Crippen molar-refractivity contribution >= 4 is 5.91 Å². The number of benzene rings is 2. The molecule has 1 aromatic heterocycles. The summed E-state index contributed by atoms with van der Waals surface area (Å²) in [6.07, 6.45) is 3.56. The molecule has 0 saturated carbocycles. The molecule has 0 bridgehead atoms. The van der Waals surface area contributed by atoms with E-state index >= 15 is 0 Å². The van der Waals surface area contributed by atoms with Crippen LogP contribution in [0.3, 0.4) is 0 Å². The molecule has 0 aliphatic carbocycles. The summed E-state index contributed by atoms with van der Waals surface area (Å²) in [5.74, 6) is 1.78. The number of carbonyl (C=O) groups is 1. The Kier molecular flexibility index (Phi) is 5.22. The number of para-hydroxylation sites is 1. The maximum Gasteiger partial charge on any atom is 0.255 e. The normalized spacial score (nSPS) is 11.7. The van der Waals surface area contributed by atoms with Gasteiger partial charge in [-0.25, -0.2) is 4.98 Å². The number of aryl methyl sites for hydroxylation is 1. The van der Waals surface area contributed by atoms with Gasteiger partial charge in [0.15, 0.2) is 0 Å². The summed E-state index contributed by atoms with van der Waals surface area (Å²) >= 11 is 0. The highest BCUT2D eigenvalue weighted by atomic mass is 16.5. The smallest absolute Gasteiger partial charge is 0.255 e. The van der Waals surface area contributed by atoms with Crippen LogP contribution in [0.4, 0.5) is 0 Å². The van der Waals surface area contributed by atoms with E-state index in [2.05, 4.69) is 10.3 Å². The Labute approximate surface area is 152 Å². The topological polar surface area (TPSA) is 65.4 Å². The molecule has 6 heteroatoms. The Hall–Kier alpha value is -3.28. The number of amides is 1. The monoisotopic (exact) mass is 351 g/mol. The van der Waals surface area contributed by atoms with Crippen molar-refractivity contribution in [2.75, 3.05) is 14.2 Å². The summed E-state index contributed by atoms with van der Waals surface area (Å²) < 4.78 is 12.4. The van der Waals surface area contributed by atoms with Gasteiger partial charge in [-0.05, 0) is 29.8 Å². The number of hydrogen-bond donors (Lipinski definition) is 1. The zero-order chi connectivity index (χ0) is 18.5. The van der Waals surface area contributed by atoms with Crippen LogP contribution in [0, 0.1) is 0 Å². The van der Waals surface area contributed by atoms with Gasteiger partial charge in [0.25, 0.3) is 5.91 Å². The first-order chi connectivity index (χ1) is 12.6. The Bertz CT molecular complexity index is 887. The van der Waals surface area contributed by atoms with E-state index in [0.717, 1.165) is 17.1 Å². The van der Waals surface area contributed by atoms with Gasteiger partial charge < -0.3 is 19.4 Å². The van der Waals surface area contributed by atoms with E-state index in [9.17, 15) is 4.79 Å². The number of methoxy groups -OCH3 is 2. The molecule has 3 aromatic rings. The minimum absolute atomic E-state index is 0.230. The Morgan fingerprint density at radius 1 is 1.08 bits per heavy atom. The molecule has 0 aliphatic heterocycles. The van der Waals surface area contributed by atoms with Gasteiger partial charge in [-0.2, -0.15) is 0 Å². The van der Waals surface area contributed by atoms with E-state index in [-0.39, 0.29) is 5.91 Å². The molecule has 0 spiro atoms. The summed E-state index contributed by atoms with van der Waals surface area (Å²) in [6, 6.07) is 14.3. The van der Waals surface area contributed by atoms with E-state index < -0.39 is 6.04 Å². The molecule has 26 heavy (non-hydrogen) atoms. The van der Waals surface area contributed by atoms with Gasteiger partial charge in [-0.3, -0.25) is 4.79 Å². The van der Waals surface area contributed by atoms with Crippen molar-refractivity contribution in [3.05, 3.63) is 77.9 Å². The first-order valence-electron chi connectivity index (χ1n) is 8.19. The standard InChI is InChI=1S/C20H21N3O3/c1-23-13-12-21-19(23)18(14-8-10-15(25-2)11-9-14)22-20(24)16-6-4-5-7-17(16)26-3/h4-13,18H,1-3H3,(H,22,24). The number of imidazole rings is 1. The summed E-state index contributed by atoms with van der Waals surface area (Å²) in [7, 11) is 5.06. The van der Waals surface area contributed by atoms with Crippen LogP contribution >= 0.6 is 0 Å². The first kappa shape index (κ1) is 17.5. The summed E-state index contributed by atoms with van der Waals surface area (Å²) in [4.78, 5) is 17.3. The molecule has 1 atom stereocenters. The first-order valence-corrected chi connectivity index (χ1v) is 8.19. The minimum atomic E-state index is -0.404. The molecular formula is C20H21N3O3. The third kappa shape index (κ3) is 3.54. The predicted molar refractivity (Wildman–Crippen MR) is 98.5 cm³/mol.